The number of anilines is 1. The van der Waals surface area contributed by atoms with E-state index in [1.54, 1.807) is 12.3 Å². The minimum absolute atomic E-state index is 0.00809. The molecule has 21 heteroatoms. The number of hydroxylamine groups is 1. The van der Waals surface area contributed by atoms with Crippen LogP contribution in [0.15, 0.2) is 81.7 Å². The number of oxime groups is 1. The van der Waals surface area contributed by atoms with Gasteiger partial charge in [0.05, 0.1) is 0 Å². The van der Waals surface area contributed by atoms with Crippen LogP contribution >= 0.6 is 34.9 Å². The molecule has 0 unspecified atom stereocenters. The van der Waals surface area contributed by atoms with Crippen molar-refractivity contribution < 1.29 is 49.3 Å². The molecule has 54 heavy (non-hydrogen) atoms. The topological polar surface area (TPSA) is 272 Å². The Kier molecular flexibility index (Phi) is 10.9. The number of nitrogens with two attached hydrogens (primary N) is 1. The minimum Gasteiger partial charge on any atom is -0.504 e. The second-order valence-corrected chi connectivity index (χ2v) is 14.9. The molecule has 0 bridgehead atoms. The fourth-order valence-corrected chi connectivity index (χ4v) is 8.12. The fourth-order valence-electron chi connectivity index (χ4n) is 5.10. The second kappa shape index (κ2) is 15.6. The first-order chi connectivity index (χ1) is 25.8. The predicted molar refractivity (Wildman–Crippen MR) is 196 cm³/mol. The van der Waals surface area contributed by atoms with Gasteiger partial charge in [0.1, 0.15) is 22.1 Å². The van der Waals surface area contributed by atoms with Gasteiger partial charge in [-0.3, -0.25) is 24.5 Å². The largest absolute Gasteiger partial charge is 0.512 e. The van der Waals surface area contributed by atoms with E-state index < -0.39 is 46.6 Å². The zero-order valence-corrected chi connectivity index (χ0v) is 30.6. The maximum Gasteiger partial charge on any atom is 0.512 e. The highest BCUT2D eigenvalue weighted by molar-refractivity contribution is 8.01. The van der Waals surface area contributed by atoms with Crippen LogP contribution in [0.25, 0.3) is 22.5 Å². The van der Waals surface area contributed by atoms with E-state index in [1.165, 1.54) is 60.4 Å². The van der Waals surface area contributed by atoms with Crippen LogP contribution in [0.1, 0.15) is 19.5 Å². The van der Waals surface area contributed by atoms with Crippen molar-refractivity contribution in [3.05, 3.63) is 77.3 Å². The monoisotopic (exact) mass is 794 g/mol. The third-order valence-electron chi connectivity index (χ3n) is 7.91. The first-order valence-corrected chi connectivity index (χ1v) is 18.6. The molecule has 0 aliphatic carbocycles. The molecule has 1 fully saturated rings. The van der Waals surface area contributed by atoms with Crippen LogP contribution in [-0.4, -0.2) is 98.5 Å². The highest BCUT2D eigenvalue weighted by Gasteiger charge is 2.54. The number of aromatic nitrogens is 3. The lowest BCUT2D eigenvalue weighted by atomic mass is 10.1. The smallest absolute Gasteiger partial charge is 0.504 e. The Hall–Kier alpha value is -5.90. The van der Waals surface area contributed by atoms with Crippen molar-refractivity contribution in [2.45, 2.75) is 35.9 Å². The summed E-state index contributed by atoms with van der Waals surface area (Å²) in [6, 6.07) is 12.3. The fraction of sp³-hybridized carbons (Fsp3) is 0.212. The predicted octanol–water partition coefficient (Wildman–Crippen LogP) is 3.36. The molecular weight excluding hydrogens is 765 g/mol. The normalized spacial score (nSPS) is 17.0. The standard InChI is InChI=1S/C33H30N8O10S3/c1-33(2,30(46)39-49)51-40-22(19-14-54-31(34)36-19)25(44)37-23-27(45)41-28(50-32(47)48)17(13-53-29(23)41)12-52-26-18(16-8-9-20(42)21(43)10-16)11-35-24(38-26)15-6-4-3-5-7-15/h3-11,14,23,29,42-43,49H,12-13H2,1-2H3,(H2,34,36)(H,37,44)(H,39,46)(H,47,48)/b40-22-/t23-,29-/m1/s1. The minimum atomic E-state index is -1.71. The highest BCUT2D eigenvalue weighted by Crippen LogP contribution is 2.43. The van der Waals surface area contributed by atoms with Crippen molar-refractivity contribution in [3.63, 3.8) is 0 Å². The number of phenolic OH excluding ortho intramolecular Hbond substituents is 2. The van der Waals surface area contributed by atoms with Crippen molar-refractivity contribution >= 4 is 69.6 Å². The van der Waals surface area contributed by atoms with Gasteiger partial charge in [0.15, 0.2) is 28.2 Å². The number of ether oxygens (including phenoxy) is 1. The Balaban J connectivity index is 1.25. The Bertz CT molecular complexity index is 2200. The average Bonchev–Trinajstić information content (AvgIpc) is 3.59. The molecule has 2 aliphatic heterocycles. The number of amides is 3. The van der Waals surface area contributed by atoms with Crippen molar-refractivity contribution in [2.24, 2.45) is 5.16 Å². The molecule has 2 aromatic heterocycles. The summed E-state index contributed by atoms with van der Waals surface area (Å²) in [6.45, 7) is 2.58. The van der Waals surface area contributed by atoms with Gasteiger partial charge >= 0.3 is 6.16 Å². The lowest BCUT2D eigenvalue weighted by molar-refractivity contribution is -0.151. The van der Waals surface area contributed by atoms with Gasteiger partial charge in [-0.15, -0.1) is 34.9 Å². The van der Waals surface area contributed by atoms with Crippen molar-refractivity contribution in [1.82, 2.24) is 30.6 Å². The summed E-state index contributed by atoms with van der Waals surface area (Å²) in [5.41, 5.74) is 7.27. The number of benzene rings is 2. The molecule has 8 N–H and O–H groups in total. The number of carbonyl (C=O) groups excluding carboxylic acids is 3. The highest BCUT2D eigenvalue weighted by atomic mass is 32.2. The zero-order valence-electron chi connectivity index (χ0n) is 28.1. The van der Waals surface area contributed by atoms with E-state index in [2.05, 4.69) is 20.4 Å². The van der Waals surface area contributed by atoms with E-state index in [0.29, 0.717) is 27.6 Å². The van der Waals surface area contributed by atoms with Gasteiger partial charge in [-0.2, -0.15) is 0 Å². The second-order valence-electron chi connectivity index (χ2n) is 12.0. The summed E-state index contributed by atoms with van der Waals surface area (Å²) >= 11 is 3.47. The molecular formula is C33H30N8O10S3. The van der Waals surface area contributed by atoms with E-state index in [-0.39, 0.29) is 39.7 Å². The molecule has 2 aliphatic rings. The number of thiazole rings is 1. The van der Waals surface area contributed by atoms with Gasteiger partial charge in [-0.1, -0.05) is 41.6 Å². The average molecular weight is 795 g/mol. The number of carbonyl (C=O) groups is 4. The number of hydrogen-bond donors (Lipinski definition) is 7. The van der Waals surface area contributed by atoms with Crippen LogP contribution in [0.2, 0.25) is 0 Å². The maximum atomic E-state index is 13.6. The SMILES string of the molecule is CC(C)(O/N=C(\C(=O)N[C@@H]1C(=O)N2C(OC(=O)O)=C(CSc3nc(-c4ccccc4)ncc3-c3ccc(O)c(O)c3)CS[C@H]12)c1csc(N)n1)C(=O)NO. The van der Waals surface area contributed by atoms with E-state index >= 15 is 0 Å². The van der Waals surface area contributed by atoms with Gasteiger partial charge in [0, 0.05) is 39.8 Å². The quantitative estimate of drug-likeness (QED) is 0.0158. The number of β-lactam (4-membered cyclic amide) rings is 1. The van der Waals surface area contributed by atoms with Crippen molar-refractivity contribution in [3.8, 4) is 34.0 Å². The van der Waals surface area contributed by atoms with Crippen molar-refractivity contribution in [2.75, 3.05) is 17.2 Å². The number of nitrogen functional groups attached to an aromatic ring is 1. The van der Waals surface area contributed by atoms with E-state index in [9.17, 15) is 34.5 Å². The lowest BCUT2D eigenvalue weighted by Crippen LogP contribution is -2.70. The molecule has 4 aromatic rings. The Morgan fingerprint density at radius 3 is 2.54 bits per heavy atom. The lowest BCUT2D eigenvalue weighted by Gasteiger charge is -2.49. The number of thioether (sulfide) groups is 2. The molecule has 2 aromatic carbocycles. The molecule has 18 nitrogen and oxygen atoms in total. The number of carboxylic acid groups (broad SMARTS) is 1. The Morgan fingerprint density at radius 2 is 1.87 bits per heavy atom. The molecule has 3 amide bonds. The molecule has 280 valence electrons. The summed E-state index contributed by atoms with van der Waals surface area (Å²) in [5.74, 6) is -2.68. The van der Waals surface area contributed by atoms with Crippen LogP contribution in [0.5, 0.6) is 11.5 Å². The van der Waals surface area contributed by atoms with Crippen LogP contribution in [0.4, 0.5) is 9.93 Å². The number of hydrogen-bond acceptors (Lipinski definition) is 17. The number of nitrogens with zero attached hydrogens (tertiary/aromatic N) is 5. The summed E-state index contributed by atoms with van der Waals surface area (Å²) in [4.78, 5) is 70.7. The molecule has 0 radical (unpaired) electrons. The van der Waals surface area contributed by atoms with Crippen molar-refractivity contribution in [1.29, 1.82) is 0 Å². The van der Waals surface area contributed by atoms with E-state index in [0.717, 1.165) is 21.8 Å². The summed E-state index contributed by atoms with van der Waals surface area (Å²) < 4.78 is 5.16. The van der Waals surface area contributed by atoms with Gasteiger partial charge in [-0.05, 0) is 31.5 Å². The van der Waals surface area contributed by atoms with Gasteiger partial charge in [0.2, 0.25) is 11.5 Å². The van der Waals surface area contributed by atoms with Gasteiger partial charge < -0.3 is 35.9 Å². The summed E-state index contributed by atoms with van der Waals surface area (Å²) in [5, 5.41) is 46.3. The first kappa shape index (κ1) is 37.8. The maximum absolute atomic E-state index is 13.6. The van der Waals surface area contributed by atoms with Gasteiger partial charge in [0.25, 0.3) is 17.7 Å². The molecule has 0 saturated carbocycles. The van der Waals surface area contributed by atoms with Crippen LogP contribution in [0, 0.1) is 0 Å². The number of rotatable bonds is 12. The van der Waals surface area contributed by atoms with E-state index in [1.807, 2.05) is 30.3 Å². The molecule has 2 atom stereocenters. The zero-order chi connectivity index (χ0) is 38.7. The van der Waals surface area contributed by atoms with Gasteiger partial charge in [-0.25, -0.2) is 25.2 Å². The molecule has 1 saturated heterocycles. The van der Waals surface area contributed by atoms with E-state index in [4.69, 9.17) is 25.5 Å². The first-order valence-electron chi connectivity index (χ1n) is 15.7. The summed E-state index contributed by atoms with van der Waals surface area (Å²) in [6.07, 6.45) is -0.0793. The third-order valence-corrected chi connectivity index (χ3v) is 11.0. The molecule has 6 rings (SSSR count). The molecule has 0 spiro atoms. The third kappa shape index (κ3) is 7.88. The summed E-state index contributed by atoms with van der Waals surface area (Å²) in [7, 11) is 0. The Labute approximate surface area is 318 Å². The van der Waals surface area contributed by atoms with Crippen LogP contribution < -0.4 is 16.5 Å². The van der Waals surface area contributed by atoms with Crippen LogP contribution in [0.3, 0.4) is 0 Å². The number of fused-ring (bicyclic) bond motifs is 1. The van der Waals surface area contributed by atoms with Crippen LogP contribution in [-0.2, 0) is 24.0 Å². The number of phenols is 2. The number of nitrogens with one attached hydrogen (secondary N) is 2. The number of aromatic hydroxyl groups is 2. The molecule has 4 heterocycles. The Morgan fingerprint density at radius 1 is 1.11 bits per heavy atom.